The van der Waals surface area contributed by atoms with Crippen LogP contribution in [-0.4, -0.2) is 57.5 Å². The van der Waals surface area contributed by atoms with Gasteiger partial charge in [-0.25, -0.2) is 14.0 Å². The SMILES string of the molecule is O=C(C1CCCCCC1)C(CCN1CCC(c2ccc(F)c3ccoc23)CC1)c1ccccn1.O=C(O)C(=O)O. The lowest BCUT2D eigenvalue weighted by molar-refractivity contribution is -0.159. The number of ketones is 1. The minimum absolute atomic E-state index is 0.109. The molecule has 2 aromatic heterocycles. The number of hydrogen-bond acceptors (Lipinski definition) is 6. The van der Waals surface area contributed by atoms with Crippen LogP contribution in [0.15, 0.2) is 53.3 Å². The molecule has 2 N–H and O–H groups in total. The van der Waals surface area contributed by atoms with Gasteiger partial charge < -0.3 is 19.5 Å². The third-order valence-corrected chi connectivity index (χ3v) is 8.18. The Balaban J connectivity index is 0.000000557. The summed E-state index contributed by atoms with van der Waals surface area (Å²) in [6, 6.07) is 11.1. The smallest absolute Gasteiger partial charge is 0.414 e. The molecule has 0 bridgehead atoms. The number of fused-ring (bicyclic) bond motifs is 1. The summed E-state index contributed by atoms with van der Waals surface area (Å²) < 4.78 is 19.7. The van der Waals surface area contributed by atoms with Gasteiger partial charge >= 0.3 is 11.9 Å². The van der Waals surface area contributed by atoms with Crippen molar-refractivity contribution in [3.63, 3.8) is 0 Å². The Hall–Kier alpha value is -3.59. The van der Waals surface area contributed by atoms with Gasteiger partial charge in [-0.05, 0) is 87.5 Å². The molecule has 1 aliphatic heterocycles. The zero-order valence-electron chi connectivity index (χ0n) is 22.6. The molecular weight excluding hydrogens is 515 g/mol. The molecule has 9 heteroatoms. The van der Waals surface area contributed by atoms with Crippen molar-refractivity contribution in [3.8, 4) is 0 Å². The van der Waals surface area contributed by atoms with Gasteiger partial charge in [-0.1, -0.05) is 37.8 Å². The molecule has 1 saturated heterocycles. The summed E-state index contributed by atoms with van der Waals surface area (Å²) in [5, 5.41) is 15.4. The Morgan fingerprint density at radius 2 is 1.65 bits per heavy atom. The van der Waals surface area contributed by atoms with Crippen molar-refractivity contribution in [1.29, 1.82) is 0 Å². The topological polar surface area (TPSA) is 121 Å². The van der Waals surface area contributed by atoms with E-state index in [-0.39, 0.29) is 17.7 Å². The van der Waals surface area contributed by atoms with Gasteiger partial charge in [0.2, 0.25) is 0 Å². The number of piperidine rings is 1. The van der Waals surface area contributed by atoms with Crippen molar-refractivity contribution in [2.75, 3.05) is 19.6 Å². The summed E-state index contributed by atoms with van der Waals surface area (Å²) in [7, 11) is 0. The number of pyridine rings is 1. The first-order chi connectivity index (χ1) is 19.3. The van der Waals surface area contributed by atoms with Crippen molar-refractivity contribution in [2.24, 2.45) is 5.92 Å². The molecule has 214 valence electrons. The molecule has 1 aromatic carbocycles. The number of halogens is 1. The van der Waals surface area contributed by atoms with Crippen molar-refractivity contribution in [2.45, 2.75) is 69.6 Å². The van der Waals surface area contributed by atoms with Crippen LogP contribution in [0.5, 0.6) is 0 Å². The first-order valence-electron chi connectivity index (χ1n) is 14.1. The second kappa shape index (κ2) is 14.2. The van der Waals surface area contributed by atoms with Gasteiger partial charge in [0.25, 0.3) is 0 Å². The van der Waals surface area contributed by atoms with Gasteiger partial charge in [0.05, 0.1) is 23.3 Å². The minimum atomic E-state index is -1.82. The van der Waals surface area contributed by atoms with Crippen LogP contribution in [0, 0.1) is 11.7 Å². The molecule has 1 aliphatic carbocycles. The highest BCUT2D eigenvalue weighted by Gasteiger charge is 2.31. The average molecular weight is 553 g/mol. The molecule has 5 rings (SSSR count). The fourth-order valence-corrected chi connectivity index (χ4v) is 6.02. The third-order valence-electron chi connectivity index (χ3n) is 8.18. The summed E-state index contributed by atoms with van der Waals surface area (Å²) in [6.45, 7) is 2.87. The monoisotopic (exact) mass is 552 g/mol. The second-order valence-corrected chi connectivity index (χ2v) is 10.7. The van der Waals surface area contributed by atoms with Crippen molar-refractivity contribution < 1.29 is 33.4 Å². The summed E-state index contributed by atoms with van der Waals surface area (Å²) in [4.78, 5) is 38.9. The third kappa shape index (κ3) is 7.53. The molecule has 8 nitrogen and oxygen atoms in total. The maximum Gasteiger partial charge on any atom is 0.414 e. The van der Waals surface area contributed by atoms with E-state index in [2.05, 4.69) is 9.88 Å². The number of Topliss-reactive ketones (excluding diaryl/α,β-unsaturated/α-hetero) is 1. The number of rotatable bonds is 7. The fourth-order valence-electron chi connectivity index (χ4n) is 6.02. The molecule has 1 saturated carbocycles. The van der Waals surface area contributed by atoms with Crippen molar-refractivity contribution >= 4 is 28.7 Å². The van der Waals surface area contributed by atoms with Crippen LogP contribution in [0.25, 0.3) is 11.0 Å². The molecule has 40 heavy (non-hydrogen) atoms. The Kier molecular flexibility index (Phi) is 10.4. The molecule has 3 heterocycles. The lowest BCUT2D eigenvalue weighted by Crippen LogP contribution is -2.35. The van der Waals surface area contributed by atoms with E-state index in [1.807, 2.05) is 30.5 Å². The van der Waals surface area contributed by atoms with Crippen LogP contribution in [0.1, 0.15) is 80.9 Å². The number of aliphatic carboxylic acids is 2. The number of carboxylic acid groups (broad SMARTS) is 2. The first-order valence-corrected chi connectivity index (χ1v) is 14.1. The van der Waals surface area contributed by atoms with Gasteiger partial charge in [0.1, 0.15) is 17.2 Å². The Labute approximate surface area is 233 Å². The van der Waals surface area contributed by atoms with Crippen LogP contribution in [-0.2, 0) is 14.4 Å². The van der Waals surface area contributed by atoms with E-state index in [4.69, 9.17) is 24.2 Å². The Morgan fingerprint density at radius 3 is 2.27 bits per heavy atom. The average Bonchev–Trinajstić information content (AvgIpc) is 3.31. The summed E-state index contributed by atoms with van der Waals surface area (Å²) >= 11 is 0. The Bertz CT molecular complexity index is 1270. The van der Waals surface area contributed by atoms with Crippen LogP contribution in [0.3, 0.4) is 0 Å². The molecular formula is C31H37FN2O6. The van der Waals surface area contributed by atoms with Crippen LogP contribution in [0.2, 0.25) is 0 Å². The number of likely N-dealkylation sites (tertiary alicyclic amines) is 1. The highest BCUT2D eigenvalue weighted by Crippen LogP contribution is 2.35. The summed E-state index contributed by atoms with van der Waals surface area (Å²) in [5.41, 5.74) is 2.75. The summed E-state index contributed by atoms with van der Waals surface area (Å²) in [5.74, 6) is -3.00. The van der Waals surface area contributed by atoms with Crippen LogP contribution >= 0.6 is 0 Å². The largest absolute Gasteiger partial charge is 0.473 e. The number of furan rings is 1. The van der Waals surface area contributed by atoms with E-state index >= 15 is 0 Å². The van der Waals surface area contributed by atoms with Gasteiger partial charge in [-0.2, -0.15) is 0 Å². The summed E-state index contributed by atoms with van der Waals surface area (Å²) in [6.07, 6.45) is 13.2. The van der Waals surface area contributed by atoms with Gasteiger partial charge in [-0.3, -0.25) is 9.78 Å². The molecule has 3 aromatic rings. The maximum absolute atomic E-state index is 14.1. The fraction of sp³-hybridized carbons (Fsp3) is 0.484. The first kappa shape index (κ1) is 29.4. The number of carboxylic acids is 2. The quantitative estimate of drug-likeness (QED) is 0.270. The number of carbonyl (C=O) groups excluding carboxylic acids is 1. The number of benzene rings is 1. The molecule has 0 amide bonds. The zero-order chi connectivity index (χ0) is 28.5. The second-order valence-electron chi connectivity index (χ2n) is 10.7. The van der Waals surface area contributed by atoms with E-state index in [1.54, 1.807) is 18.4 Å². The van der Waals surface area contributed by atoms with E-state index in [1.165, 1.54) is 25.7 Å². The van der Waals surface area contributed by atoms with Gasteiger partial charge in [0.15, 0.2) is 0 Å². The highest BCUT2D eigenvalue weighted by atomic mass is 19.1. The predicted octanol–water partition coefficient (Wildman–Crippen LogP) is 6.02. The van der Waals surface area contributed by atoms with E-state index in [0.29, 0.717) is 22.7 Å². The lowest BCUT2D eigenvalue weighted by atomic mass is 9.83. The molecule has 2 fully saturated rings. The standard InChI is InChI=1S/C29H35FN2O2.C2H2O4/c30-26-11-10-23(29-24(26)15-20-34-29)21-12-17-32(18-13-21)19-14-25(27-9-5-6-16-31-27)28(33)22-7-3-1-2-4-8-22;3-1(4)2(5)6/h5-6,9-11,15-16,20-22,25H,1-4,7-8,12-14,17-19H2;(H,3,4)(H,5,6). The Morgan fingerprint density at radius 1 is 0.950 bits per heavy atom. The molecule has 0 radical (unpaired) electrons. The van der Waals surface area contributed by atoms with Gasteiger partial charge in [-0.15, -0.1) is 0 Å². The normalized spacial score (nSPS) is 17.9. The van der Waals surface area contributed by atoms with Crippen molar-refractivity contribution in [3.05, 3.63) is 65.9 Å². The van der Waals surface area contributed by atoms with Gasteiger partial charge in [0, 0.05) is 12.1 Å². The van der Waals surface area contributed by atoms with Crippen LogP contribution in [0.4, 0.5) is 4.39 Å². The number of carbonyl (C=O) groups is 3. The molecule has 1 unspecified atom stereocenters. The van der Waals surface area contributed by atoms with E-state index in [9.17, 15) is 9.18 Å². The van der Waals surface area contributed by atoms with E-state index in [0.717, 1.165) is 63.0 Å². The van der Waals surface area contributed by atoms with E-state index < -0.39 is 11.9 Å². The number of hydrogen-bond donors (Lipinski definition) is 2. The maximum atomic E-state index is 14.1. The molecule has 2 aliphatic rings. The number of aromatic nitrogens is 1. The molecule has 1 atom stereocenters. The molecule has 0 spiro atoms. The lowest BCUT2D eigenvalue weighted by Gasteiger charge is -2.33. The number of nitrogens with zero attached hydrogens (tertiary/aromatic N) is 2. The van der Waals surface area contributed by atoms with Crippen LogP contribution < -0.4 is 0 Å². The van der Waals surface area contributed by atoms with Crippen molar-refractivity contribution in [1.82, 2.24) is 9.88 Å². The minimum Gasteiger partial charge on any atom is -0.473 e. The highest BCUT2D eigenvalue weighted by molar-refractivity contribution is 6.27. The zero-order valence-corrected chi connectivity index (χ0v) is 22.6. The predicted molar refractivity (Wildman–Crippen MR) is 148 cm³/mol.